The van der Waals surface area contributed by atoms with Gasteiger partial charge in [0, 0.05) is 7.11 Å². The minimum absolute atomic E-state index is 0.0542. The van der Waals surface area contributed by atoms with Crippen LogP contribution in [0.5, 0.6) is 0 Å². The number of rotatable bonds is 5. The molecule has 0 spiro atoms. The standard InChI is InChI=1S/C14H19IO7/c1-20-14(21-7-8-5-3-2-4-6-8)12(18)10(17)9(16)11(22-14)13(15)19/h2-6,9-13,16-19H,7H2,1H3/t9-,10+,11+,12-,13?,14+/m1/s1. The topological polar surface area (TPSA) is 109 Å². The van der Waals surface area contributed by atoms with Gasteiger partial charge in [-0.15, -0.1) is 0 Å². The lowest BCUT2D eigenvalue weighted by atomic mass is 9.97. The van der Waals surface area contributed by atoms with Crippen LogP contribution in [0.4, 0.5) is 0 Å². The van der Waals surface area contributed by atoms with Crippen LogP contribution in [0.1, 0.15) is 5.56 Å². The minimum atomic E-state index is -1.98. The van der Waals surface area contributed by atoms with Crippen molar-refractivity contribution in [2.75, 3.05) is 7.11 Å². The summed E-state index contributed by atoms with van der Waals surface area (Å²) >= 11 is 1.63. The molecule has 1 unspecified atom stereocenters. The molecule has 0 aliphatic carbocycles. The number of hydrogen-bond acceptors (Lipinski definition) is 7. The molecule has 0 amide bonds. The van der Waals surface area contributed by atoms with Crippen LogP contribution in [0.15, 0.2) is 30.3 Å². The van der Waals surface area contributed by atoms with Gasteiger partial charge < -0.3 is 34.6 Å². The summed E-state index contributed by atoms with van der Waals surface area (Å²) in [5, 5.41) is 39.7. The van der Waals surface area contributed by atoms with Gasteiger partial charge in [-0.2, -0.15) is 0 Å². The van der Waals surface area contributed by atoms with Crippen molar-refractivity contribution in [3.05, 3.63) is 35.9 Å². The van der Waals surface area contributed by atoms with Crippen molar-refractivity contribution in [3.8, 4) is 0 Å². The van der Waals surface area contributed by atoms with E-state index < -0.39 is 34.5 Å². The van der Waals surface area contributed by atoms with Gasteiger partial charge in [-0.1, -0.05) is 30.3 Å². The van der Waals surface area contributed by atoms with E-state index in [2.05, 4.69) is 0 Å². The molecule has 124 valence electrons. The highest BCUT2D eigenvalue weighted by Gasteiger charge is 2.56. The maximum absolute atomic E-state index is 10.2. The van der Waals surface area contributed by atoms with Gasteiger partial charge in [-0.25, -0.2) is 0 Å². The minimum Gasteiger partial charge on any atom is -0.387 e. The average molecular weight is 426 g/mol. The Hall–Kier alpha value is -0.330. The molecule has 0 saturated carbocycles. The molecular formula is C14H19IO7. The van der Waals surface area contributed by atoms with Crippen LogP contribution in [-0.4, -0.2) is 62.0 Å². The van der Waals surface area contributed by atoms with Gasteiger partial charge in [-0.3, -0.25) is 0 Å². The molecule has 0 radical (unpaired) electrons. The van der Waals surface area contributed by atoms with Crippen LogP contribution in [0, 0.1) is 0 Å². The molecule has 0 bridgehead atoms. The normalized spacial score (nSPS) is 37.0. The van der Waals surface area contributed by atoms with E-state index in [0.717, 1.165) is 5.56 Å². The Labute approximate surface area is 141 Å². The highest BCUT2D eigenvalue weighted by molar-refractivity contribution is 14.1. The fourth-order valence-corrected chi connectivity index (χ4v) is 2.82. The number of alkyl halides is 1. The summed E-state index contributed by atoms with van der Waals surface area (Å²) in [7, 11) is 1.25. The van der Waals surface area contributed by atoms with E-state index in [0.29, 0.717) is 0 Å². The second kappa shape index (κ2) is 7.49. The number of ether oxygens (including phenoxy) is 3. The first-order valence-electron chi connectivity index (χ1n) is 6.68. The lowest BCUT2D eigenvalue weighted by molar-refractivity contribution is -0.459. The maximum atomic E-state index is 10.2. The first-order chi connectivity index (χ1) is 10.4. The molecule has 1 aromatic carbocycles. The van der Waals surface area contributed by atoms with Crippen LogP contribution in [0.3, 0.4) is 0 Å². The number of halogens is 1. The molecule has 0 aromatic heterocycles. The van der Waals surface area contributed by atoms with Crippen molar-refractivity contribution in [2.45, 2.75) is 41.1 Å². The van der Waals surface area contributed by atoms with Crippen molar-refractivity contribution >= 4 is 22.6 Å². The number of benzene rings is 1. The van der Waals surface area contributed by atoms with Gasteiger partial charge in [0.15, 0.2) is 6.10 Å². The molecule has 2 rings (SSSR count). The Kier molecular flexibility index (Phi) is 6.14. The first-order valence-corrected chi connectivity index (χ1v) is 7.93. The summed E-state index contributed by atoms with van der Waals surface area (Å²) in [5.41, 5.74) is 0.807. The summed E-state index contributed by atoms with van der Waals surface area (Å²) in [6.45, 7) is 0.0542. The van der Waals surface area contributed by atoms with Gasteiger partial charge in [0.2, 0.25) is 0 Å². The summed E-state index contributed by atoms with van der Waals surface area (Å²) in [6, 6.07) is 9.13. The molecule has 1 heterocycles. The van der Waals surface area contributed by atoms with Gasteiger partial charge in [0.25, 0.3) is 0 Å². The van der Waals surface area contributed by atoms with E-state index in [1.54, 1.807) is 22.6 Å². The molecule has 4 N–H and O–H groups in total. The van der Waals surface area contributed by atoms with Gasteiger partial charge in [-0.05, 0) is 28.2 Å². The number of hydrogen-bond donors (Lipinski definition) is 4. The van der Waals surface area contributed by atoms with Crippen molar-refractivity contribution < 1.29 is 34.6 Å². The lowest BCUT2D eigenvalue weighted by Gasteiger charge is -2.47. The second-order valence-corrected chi connectivity index (χ2v) is 6.24. The molecule has 7 nitrogen and oxygen atoms in total. The van der Waals surface area contributed by atoms with Gasteiger partial charge >= 0.3 is 5.97 Å². The fraction of sp³-hybridized carbons (Fsp3) is 0.571. The third-order valence-corrected chi connectivity index (χ3v) is 4.22. The third-order valence-electron chi connectivity index (χ3n) is 3.51. The predicted octanol–water partition coefficient (Wildman–Crippen LogP) is -0.262. The number of aliphatic hydroxyl groups excluding tert-OH is 4. The van der Waals surface area contributed by atoms with Crippen LogP contribution < -0.4 is 0 Å². The van der Waals surface area contributed by atoms with Crippen LogP contribution in [0.2, 0.25) is 0 Å². The first kappa shape index (κ1) is 18.0. The SMILES string of the molecule is CO[C@@]1(OCc2ccccc2)O[C@H](C(O)I)[C@H](O)[C@H](O)[C@H]1O. The molecule has 8 heteroatoms. The van der Waals surface area contributed by atoms with Crippen LogP contribution in [-0.2, 0) is 20.8 Å². The third kappa shape index (κ3) is 3.60. The van der Waals surface area contributed by atoms with E-state index in [4.69, 9.17) is 14.2 Å². The van der Waals surface area contributed by atoms with Crippen molar-refractivity contribution in [1.82, 2.24) is 0 Å². The molecule has 22 heavy (non-hydrogen) atoms. The smallest absolute Gasteiger partial charge is 0.313 e. The highest BCUT2D eigenvalue weighted by atomic mass is 127. The summed E-state index contributed by atoms with van der Waals surface area (Å²) < 4.78 is 15.0. The Bertz CT molecular complexity index is 472. The number of methoxy groups -OCH3 is 1. The van der Waals surface area contributed by atoms with Crippen LogP contribution in [0.25, 0.3) is 0 Å². The van der Waals surface area contributed by atoms with Crippen LogP contribution >= 0.6 is 22.6 Å². The summed E-state index contributed by atoms with van der Waals surface area (Å²) in [4.78, 5) is 0. The van der Waals surface area contributed by atoms with Crippen molar-refractivity contribution in [2.24, 2.45) is 0 Å². The Morgan fingerprint density at radius 1 is 1.23 bits per heavy atom. The van der Waals surface area contributed by atoms with E-state index in [1.807, 2.05) is 30.3 Å². The summed E-state index contributed by atoms with van der Waals surface area (Å²) in [5.74, 6) is -1.98. The Balaban J connectivity index is 2.18. The van der Waals surface area contributed by atoms with Crippen molar-refractivity contribution in [3.63, 3.8) is 0 Å². The average Bonchev–Trinajstić information content (AvgIpc) is 2.53. The van der Waals surface area contributed by atoms with Gasteiger partial charge in [0.1, 0.15) is 22.4 Å². The number of aliphatic hydroxyl groups is 4. The second-order valence-electron chi connectivity index (χ2n) is 4.96. The molecule has 1 aromatic rings. The zero-order chi connectivity index (χ0) is 16.3. The molecular weight excluding hydrogens is 407 g/mol. The zero-order valence-electron chi connectivity index (χ0n) is 11.9. The van der Waals surface area contributed by atoms with Gasteiger partial charge in [0.05, 0.1) is 6.61 Å². The van der Waals surface area contributed by atoms with E-state index in [1.165, 1.54) is 7.11 Å². The fourth-order valence-electron chi connectivity index (χ4n) is 2.24. The zero-order valence-corrected chi connectivity index (χ0v) is 14.0. The quantitative estimate of drug-likeness (QED) is 0.292. The maximum Gasteiger partial charge on any atom is 0.313 e. The monoisotopic (exact) mass is 426 g/mol. The predicted molar refractivity (Wildman–Crippen MR) is 83.9 cm³/mol. The molecule has 6 atom stereocenters. The molecule has 1 aliphatic heterocycles. The summed E-state index contributed by atoms with van der Waals surface area (Å²) in [6.07, 6.45) is -5.86. The largest absolute Gasteiger partial charge is 0.387 e. The Morgan fingerprint density at radius 3 is 2.41 bits per heavy atom. The molecule has 1 saturated heterocycles. The van der Waals surface area contributed by atoms with Crippen molar-refractivity contribution in [1.29, 1.82) is 0 Å². The lowest BCUT2D eigenvalue weighted by Crippen LogP contribution is -2.67. The highest BCUT2D eigenvalue weighted by Crippen LogP contribution is 2.35. The van der Waals surface area contributed by atoms with E-state index in [-0.39, 0.29) is 6.61 Å². The molecule has 1 fully saturated rings. The molecule has 1 aliphatic rings. The van der Waals surface area contributed by atoms with E-state index in [9.17, 15) is 20.4 Å². The Morgan fingerprint density at radius 2 is 1.86 bits per heavy atom. The van der Waals surface area contributed by atoms with E-state index >= 15 is 0 Å².